The number of anilines is 1. The van der Waals surface area contributed by atoms with Crippen LogP contribution < -0.4 is 5.32 Å². The summed E-state index contributed by atoms with van der Waals surface area (Å²) in [5.41, 5.74) is 2.73. The zero-order valence-electron chi connectivity index (χ0n) is 15.8. The second kappa shape index (κ2) is 8.34. The Labute approximate surface area is 161 Å². The van der Waals surface area contributed by atoms with Crippen molar-refractivity contribution >= 4 is 28.6 Å². The van der Waals surface area contributed by atoms with Gasteiger partial charge in [-0.1, -0.05) is 12.1 Å². The third-order valence-corrected chi connectivity index (χ3v) is 4.06. The van der Waals surface area contributed by atoms with E-state index in [4.69, 9.17) is 9.47 Å². The number of amides is 1. The van der Waals surface area contributed by atoms with Gasteiger partial charge in [-0.3, -0.25) is 4.79 Å². The van der Waals surface area contributed by atoms with Crippen molar-refractivity contribution in [3.63, 3.8) is 0 Å². The van der Waals surface area contributed by atoms with Crippen LogP contribution in [0.2, 0.25) is 0 Å². The molecule has 0 aliphatic rings. The van der Waals surface area contributed by atoms with E-state index in [2.05, 4.69) is 20.3 Å². The summed E-state index contributed by atoms with van der Waals surface area (Å²) < 4.78 is 10.2. The molecule has 0 spiro atoms. The van der Waals surface area contributed by atoms with Gasteiger partial charge in [0, 0.05) is 17.4 Å². The molecule has 0 saturated carbocycles. The molecule has 0 saturated heterocycles. The summed E-state index contributed by atoms with van der Waals surface area (Å²) in [7, 11) is 1.44. The van der Waals surface area contributed by atoms with Gasteiger partial charge in [-0.25, -0.2) is 14.8 Å². The van der Waals surface area contributed by atoms with Crippen molar-refractivity contribution < 1.29 is 19.1 Å². The van der Waals surface area contributed by atoms with E-state index in [1.54, 1.807) is 44.3 Å². The molecule has 1 amide bonds. The number of nitrogens with one attached hydrogen (secondary N) is 2. The van der Waals surface area contributed by atoms with Crippen molar-refractivity contribution in [3.05, 3.63) is 54.2 Å². The van der Waals surface area contributed by atoms with Crippen molar-refractivity contribution in [2.24, 2.45) is 0 Å². The Morgan fingerprint density at radius 1 is 1.29 bits per heavy atom. The van der Waals surface area contributed by atoms with Crippen LogP contribution in [-0.4, -0.2) is 40.5 Å². The van der Waals surface area contributed by atoms with Crippen LogP contribution in [0.1, 0.15) is 24.2 Å². The molecule has 8 heteroatoms. The Kier molecular flexibility index (Phi) is 5.69. The standard InChI is InChI=1S/C20H20N4O4/c1-4-15(27-3)19(25)24-13-8-6-7-12(9-13)17-16-14(20(26)28-5-2)10-21-18(16)23-11-22-17/h4,6-11H,5H2,1-3H3,(H,24,25)(H,21,22,23)/b15-4+. The molecule has 0 fully saturated rings. The van der Waals surface area contributed by atoms with Crippen molar-refractivity contribution in [1.29, 1.82) is 0 Å². The van der Waals surface area contributed by atoms with Crippen LogP contribution in [0.4, 0.5) is 5.69 Å². The molecular weight excluding hydrogens is 360 g/mol. The predicted molar refractivity (Wildman–Crippen MR) is 105 cm³/mol. The number of esters is 1. The van der Waals surface area contributed by atoms with Gasteiger partial charge in [0.25, 0.3) is 5.91 Å². The van der Waals surface area contributed by atoms with Gasteiger partial charge in [0.05, 0.1) is 30.4 Å². The fourth-order valence-corrected chi connectivity index (χ4v) is 2.83. The second-order valence-corrected chi connectivity index (χ2v) is 5.76. The average molecular weight is 380 g/mol. The number of nitrogens with zero attached hydrogens (tertiary/aromatic N) is 2. The fraction of sp³-hybridized carbons (Fsp3) is 0.200. The van der Waals surface area contributed by atoms with E-state index < -0.39 is 5.97 Å². The van der Waals surface area contributed by atoms with E-state index in [-0.39, 0.29) is 18.3 Å². The van der Waals surface area contributed by atoms with E-state index >= 15 is 0 Å². The minimum absolute atomic E-state index is 0.213. The molecule has 2 aromatic heterocycles. The molecule has 0 aliphatic carbocycles. The number of rotatable bonds is 6. The number of aromatic nitrogens is 3. The molecule has 2 heterocycles. The Bertz CT molecular complexity index is 1060. The normalized spacial score (nSPS) is 11.3. The first-order valence-corrected chi connectivity index (χ1v) is 8.70. The number of ether oxygens (including phenoxy) is 2. The lowest BCUT2D eigenvalue weighted by atomic mass is 10.1. The SMILES string of the molecule is C/C=C(/OC)C(=O)Nc1cccc(-c2ncnc3[nH]cc(C(=O)OCC)c23)c1. The fourth-order valence-electron chi connectivity index (χ4n) is 2.83. The molecule has 0 radical (unpaired) electrons. The van der Waals surface area contributed by atoms with Crippen LogP contribution in [0.25, 0.3) is 22.3 Å². The third-order valence-electron chi connectivity index (χ3n) is 4.06. The zero-order valence-corrected chi connectivity index (χ0v) is 15.8. The quantitative estimate of drug-likeness (QED) is 0.386. The highest BCUT2D eigenvalue weighted by Crippen LogP contribution is 2.30. The van der Waals surface area contributed by atoms with Gasteiger partial charge in [-0.15, -0.1) is 0 Å². The second-order valence-electron chi connectivity index (χ2n) is 5.76. The number of aromatic amines is 1. The van der Waals surface area contributed by atoms with E-state index in [0.717, 1.165) is 5.56 Å². The first kappa shape index (κ1) is 19.1. The Morgan fingerprint density at radius 3 is 2.82 bits per heavy atom. The number of carbonyl (C=O) groups excluding carboxylic acids is 2. The van der Waals surface area contributed by atoms with Crippen LogP contribution in [0, 0.1) is 0 Å². The molecule has 8 nitrogen and oxygen atoms in total. The highest BCUT2D eigenvalue weighted by molar-refractivity contribution is 6.08. The molecular formula is C20H20N4O4. The summed E-state index contributed by atoms with van der Waals surface area (Å²) in [5.74, 6) is -0.596. The number of hydrogen-bond acceptors (Lipinski definition) is 6. The summed E-state index contributed by atoms with van der Waals surface area (Å²) in [6.07, 6.45) is 4.55. The molecule has 1 aromatic carbocycles. The maximum Gasteiger partial charge on any atom is 0.340 e. The van der Waals surface area contributed by atoms with Gasteiger partial charge < -0.3 is 19.8 Å². The Balaban J connectivity index is 2.03. The Hall–Kier alpha value is -3.68. The van der Waals surface area contributed by atoms with Gasteiger partial charge >= 0.3 is 5.97 Å². The van der Waals surface area contributed by atoms with Crippen LogP contribution in [0.5, 0.6) is 0 Å². The first-order chi connectivity index (χ1) is 13.6. The maximum absolute atomic E-state index is 12.3. The predicted octanol–water partition coefficient (Wildman–Crippen LogP) is 3.29. The molecule has 0 bridgehead atoms. The van der Waals surface area contributed by atoms with E-state index in [1.807, 2.05) is 6.07 Å². The summed E-state index contributed by atoms with van der Waals surface area (Å²) in [5, 5.41) is 3.34. The summed E-state index contributed by atoms with van der Waals surface area (Å²) >= 11 is 0. The highest BCUT2D eigenvalue weighted by Gasteiger charge is 2.19. The van der Waals surface area contributed by atoms with Gasteiger partial charge in [0.2, 0.25) is 0 Å². The molecule has 3 rings (SSSR count). The van der Waals surface area contributed by atoms with Gasteiger partial charge in [-0.2, -0.15) is 0 Å². The molecule has 144 valence electrons. The van der Waals surface area contributed by atoms with Crippen LogP contribution in [0.15, 0.2) is 48.6 Å². The lowest BCUT2D eigenvalue weighted by Gasteiger charge is -2.10. The van der Waals surface area contributed by atoms with E-state index in [0.29, 0.717) is 28.0 Å². The smallest absolute Gasteiger partial charge is 0.340 e. The monoisotopic (exact) mass is 380 g/mol. The number of methoxy groups -OCH3 is 1. The topological polar surface area (TPSA) is 106 Å². The highest BCUT2D eigenvalue weighted by atomic mass is 16.5. The lowest BCUT2D eigenvalue weighted by Crippen LogP contribution is -2.15. The number of fused-ring (bicyclic) bond motifs is 1. The van der Waals surface area contributed by atoms with E-state index in [1.165, 1.54) is 13.4 Å². The largest absolute Gasteiger partial charge is 0.491 e. The minimum Gasteiger partial charge on any atom is -0.491 e. The van der Waals surface area contributed by atoms with Crippen LogP contribution in [0.3, 0.4) is 0 Å². The summed E-state index contributed by atoms with van der Waals surface area (Å²) in [6.45, 7) is 3.73. The van der Waals surface area contributed by atoms with Crippen molar-refractivity contribution in [2.75, 3.05) is 19.0 Å². The molecule has 2 N–H and O–H groups in total. The van der Waals surface area contributed by atoms with Gasteiger partial charge in [0.15, 0.2) is 5.76 Å². The molecule has 0 unspecified atom stereocenters. The van der Waals surface area contributed by atoms with Gasteiger partial charge in [0.1, 0.15) is 12.0 Å². The third kappa shape index (κ3) is 3.71. The lowest BCUT2D eigenvalue weighted by molar-refractivity contribution is -0.115. The van der Waals surface area contributed by atoms with Crippen molar-refractivity contribution in [1.82, 2.24) is 15.0 Å². The number of H-pyrrole nitrogens is 1. The number of carbonyl (C=O) groups is 2. The minimum atomic E-state index is -0.452. The van der Waals surface area contributed by atoms with Crippen LogP contribution in [-0.2, 0) is 14.3 Å². The van der Waals surface area contributed by atoms with E-state index in [9.17, 15) is 9.59 Å². The molecule has 28 heavy (non-hydrogen) atoms. The maximum atomic E-state index is 12.3. The average Bonchev–Trinajstić information content (AvgIpc) is 3.13. The first-order valence-electron chi connectivity index (χ1n) is 8.70. The zero-order chi connectivity index (χ0) is 20.1. The van der Waals surface area contributed by atoms with Crippen LogP contribution >= 0.6 is 0 Å². The summed E-state index contributed by atoms with van der Waals surface area (Å²) in [6, 6.07) is 7.15. The van der Waals surface area contributed by atoms with Crippen molar-refractivity contribution in [3.8, 4) is 11.3 Å². The number of allylic oxidation sites excluding steroid dienone is 1. The number of benzene rings is 1. The molecule has 0 atom stereocenters. The number of hydrogen-bond donors (Lipinski definition) is 2. The Morgan fingerprint density at radius 2 is 2.11 bits per heavy atom. The summed E-state index contributed by atoms with van der Waals surface area (Å²) in [4.78, 5) is 36.0. The molecule has 3 aromatic rings. The van der Waals surface area contributed by atoms with Gasteiger partial charge in [-0.05, 0) is 32.1 Å². The molecule has 0 aliphatic heterocycles. The van der Waals surface area contributed by atoms with Crippen molar-refractivity contribution in [2.45, 2.75) is 13.8 Å².